The van der Waals surface area contributed by atoms with Gasteiger partial charge in [-0.05, 0) is 44.0 Å². The van der Waals surface area contributed by atoms with E-state index in [4.69, 9.17) is 9.26 Å². The second kappa shape index (κ2) is 9.05. The molecule has 1 aromatic heterocycles. The molecular formula is C22H30N4O3. The van der Waals surface area contributed by atoms with E-state index in [1.807, 2.05) is 35.2 Å². The Morgan fingerprint density at radius 2 is 1.93 bits per heavy atom. The lowest BCUT2D eigenvalue weighted by atomic mass is 9.94. The molecule has 0 unspecified atom stereocenters. The monoisotopic (exact) mass is 398 g/mol. The summed E-state index contributed by atoms with van der Waals surface area (Å²) in [7, 11) is 0. The molecule has 29 heavy (non-hydrogen) atoms. The van der Waals surface area contributed by atoms with Gasteiger partial charge in [0.15, 0.2) is 5.82 Å². The second-order valence-corrected chi connectivity index (χ2v) is 8.41. The van der Waals surface area contributed by atoms with Crippen molar-refractivity contribution in [3.63, 3.8) is 0 Å². The van der Waals surface area contributed by atoms with Crippen LogP contribution in [-0.4, -0.2) is 65.2 Å². The summed E-state index contributed by atoms with van der Waals surface area (Å²) in [6.45, 7) is 9.10. The van der Waals surface area contributed by atoms with Gasteiger partial charge in [-0.2, -0.15) is 4.98 Å². The van der Waals surface area contributed by atoms with E-state index in [9.17, 15) is 4.79 Å². The molecule has 0 N–H and O–H groups in total. The van der Waals surface area contributed by atoms with E-state index >= 15 is 0 Å². The van der Waals surface area contributed by atoms with E-state index in [0.717, 1.165) is 38.0 Å². The van der Waals surface area contributed by atoms with Crippen LogP contribution in [0.15, 0.2) is 34.9 Å². The van der Waals surface area contributed by atoms with E-state index in [1.165, 1.54) is 0 Å². The fourth-order valence-corrected chi connectivity index (χ4v) is 4.26. The summed E-state index contributed by atoms with van der Waals surface area (Å²) < 4.78 is 11.1. The van der Waals surface area contributed by atoms with E-state index in [1.54, 1.807) is 0 Å². The van der Waals surface area contributed by atoms with Crippen LogP contribution >= 0.6 is 0 Å². The minimum absolute atomic E-state index is 0.0690. The molecule has 2 aromatic rings. The molecule has 0 radical (unpaired) electrons. The first-order chi connectivity index (χ1) is 14.1. The fourth-order valence-electron chi connectivity index (χ4n) is 4.26. The Morgan fingerprint density at radius 3 is 2.66 bits per heavy atom. The van der Waals surface area contributed by atoms with Crippen molar-refractivity contribution < 1.29 is 14.1 Å². The molecule has 0 aliphatic carbocycles. The molecule has 0 saturated carbocycles. The van der Waals surface area contributed by atoms with Gasteiger partial charge in [0.05, 0.1) is 13.2 Å². The van der Waals surface area contributed by atoms with Crippen LogP contribution < -0.4 is 0 Å². The minimum atomic E-state index is -0.286. The molecule has 7 nitrogen and oxygen atoms in total. The van der Waals surface area contributed by atoms with Gasteiger partial charge in [0.1, 0.15) is 6.04 Å². The lowest BCUT2D eigenvalue weighted by Gasteiger charge is -2.39. The summed E-state index contributed by atoms with van der Waals surface area (Å²) in [5, 5.41) is 4.17. The van der Waals surface area contributed by atoms with Crippen molar-refractivity contribution in [3.8, 4) is 11.5 Å². The highest BCUT2D eigenvalue weighted by Gasteiger charge is 2.36. The molecule has 1 aromatic carbocycles. The quantitative estimate of drug-likeness (QED) is 0.771. The summed E-state index contributed by atoms with van der Waals surface area (Å²) >= 11 is 0. The van der Waals surface area contributed by atoms with Crippen molar-refractivity contribution in [2.24, 2.45) is 11.8 Å². The minimum Gasteiger partial charge on any atom is -0.377 e. The van der Waals surface area contributed by atoms with Crippen LogP contribution in [-0.2, 0) is 9.53 Å². The first kappa shape index (κ1) is 20.0. The third-order valence-corrected chi connectivity index (χ3v) is 5.73. The van der Waals surface area contributed by atoms with E-state index in [0.29, 0.717) is 37.4 Å². The van der Waals surface area contributed by atoms with Crippen molar-refractivity contribution in [1.29, 1.82) is 0 Å². The van der Waals surface area contributed by atoms with Crippen LogP contribution in [0.1, 0.15) is 38.6 Å². The Labute approximate surface area is 172 Å². The van der Waals surface area contributed by atoms with Gasteiger partial charge in [-0.25, -0.2) is 0 Å². The number of likely N-dealkylation sites (tertiary alicyclic amines) is 1. The number of hydrogen-bond donors (Lipinski definition) is 0. The van der Waals surface area contributed by atoms with Gasteiger partial charge in [0.25, 0.3) is 5.89 Å². The smallest absolute Gasteiger partial charge is 0.257 e. The molecule has 4 rings (SSSR count). The normalized spacial score (nSPS) is 21.6. The largest absolute Gasteiger partial charge is 0.377 e. The van der Waals surface area contributed by atoms with E-state index in [2.05, 4.69) is 28.9 Å². The molecule has 2 fully saturated rings. The lowest BCUT2D eigenvalue weighted by Crippen LogP contribution is -2.48. The molecule has 0 spiro atoms. The summed E-state index contributed by atoms with van der Waals surface area (Å²) in [4.78, 5) is 22.3. The zero-order chi connectivity index (χ0) is 20.2. The van der Waals surface area contributed by atoms with Crippen molar-refractivity contribution in [2.45, 2.75) is 32.7 Å². The number of piperidine rings is 1. The third-order valence-electron chi connectivity index (χ3n) is 5.73. The van der Waals surface area contributed by atoms with Gasteiger partial charge >= 0.3 is 0 Å². The summed E-state index contributed by atoms with van der Waals surface area (Å²) in [5.41, 5.74) is 0.873. The summed E-state index contributed by atoms with van der Waals surface area (Å²) in [5.74, 6) is 1.92. The Bertz CT molecular complexity index is 799. The van der Waals surface area contributed by atoms with Crippen molar-refractivity contribution in [1.82, 2.24) is 19.9 Å². The topological polar surface area (TPSA) is 71.7 Å². The number of carbonyl (C=O) groups excluding carboxylic acids is 1. The lowest BCUT2D eigenvalue weighted by molar-refractivity contribution is -0.146. The van der Waals surface area contributed by atoms with Crippen LogP contribution in [0.5, 0.6) is 0 Å². The Kier molecular flexibility index (Phi) is 6.25. The maximum atomic E-state index is 13.3. The van der Waals surface area contributed by atoms with Crippen molar-refractivity contribution in [3.05, 3.63) is 36.2 Å². The molecule has 0 bridgehead atoms. The van der Waals surface area contributed by atoms with E-state index < -0.39 is 0 Å². The molecule has 2 aliphatic heterocycles. The number of nitrogens with zero attached hydrogens (tertiary/aromatic N) is 4. The Hall–Kier alpha value is -2.25. The standard InChI is InChI=1S/C22H30N4O3/c1-16(2)14-25-10-8-18(9-11-25)22(27)26-12-13-28-15-19(26)20-23-21(29-24-20)17-6-4-3-5-7-17/h3-7,16,18-19H,8-15H2,1-2H3/t19-/m1/s1. The van der Waals surface area contributed by atoms with Crippen LogP contribution in [0.4, 0.5) is 0 Å². The van der Waals surface area contributed by atoms with Crippen LogP contribution in [0.3, 0.4) is 0 Å². The first-order valence-electron chi connectivity index (χ1n) is 10.6. The molecule has 7 heteroatoms. The zero-order valence-corrected chi connectivity index (χ0v) is 17.3. The number of benzene rings is 1. The molecule has 1 atom stereocenters. The van der Waals surface area contributed by atoms with Crippen LogP contribution in [0, 0.1) is 11.8 Å². The highest BCUT2D eigenvalue weighted by molar-refractivity contribution is 5.79. The average molecular weight is 399 g/mol. The van der Waals surface area contributed by atoms with Gasteiger partial charge < -0.3 is 19.1 Å². The highest BCUT2D eigenvalue weighted by Crippen LogP contribution is 2.29. The predicted molar refractivity (Wildman–Crippen MR) is 109 cm³/mol. The second-order valence-electron chi connectivity index (χ2n) is 8.41. The summed E-state index contributed by atoms with van der Waals surface area (Å²) in [6, 6.07) is 9.40. The molecule has 2 aliphatic rings. The number of morpholine rings is 1. The average Bonchev–Trinajstić information content (AvgIpc) is 3.24. The van der Waals surface area contributed by atoms with Crippen molar-refractivity contribution in [2.75, 3.05) is 39.4 Å². The number of aromatic nitrogens is 2. The highest BCUT2D eigenvalue weighted by atomic mass is 16.5. The summed E-state index contributed by atoms with van der Waals surface area (Å²) in [6.07, 6.45) is 1.83. The number of carbonyl (C=O) groups is 1. The number of amides is 1. The molecule has 2 saturated heterocycles. The maximum absolute atomic E-state index is 13.3. The van der Waals surface area contributed by atoms with Gasteiger partial charge in [-0.3, -0.25) is 4.79 Å². The zero-order valence-electron chi connectivity index (χ0n) is 17.3. The third kappa shape index (κ3) is 4.67. The van der Waals surface area contributed by atoms with Crippen LogP contribution in [0.25, 0.3) is 11.5 Å². The van der Waals surface area contributed by atoms with Crippen molar-refractivity contribution >= 4 is 5.91 Å². The Morgan fingerprint density at radius 1 is 1.17 bits per heavy atom. The number of ether oxygens (including phenoxy) is 1. The van der Waals surface area contributed by atoms with Gasteiger partial charge in [-0.1, -0.05) is 37.2 Å². The van der Waals surface area contributed by atoms with Gasteiger partial charge in [0, 0.05) is 24.6 Å². The SMILES string of the molecule is CC(C)CN1CCC(C(=O)N2CCOC[C@@H]2c2noc(-c3ccccc3)n2)CC1. The molecule has 1 amide bonds. The predicted octanol–water partition coefficient (Wildman–Crippen LogP) is 3.00. The van der Waals surface area contributed by atoms with Gasteiger partial charge in [-0.15, -0.1) is 0 Å². The fraction of sp³-hybridized carbons (Fsp3) is 0.591. The van der Waals surface area contributed by atoms with Crippen LogP contribution in [0.2, 0.25) is 0 Å². The molecule has 3 heterocycles. The number of hydrogen-bond acceptors (Lipinski definition) is 6. The molecular weight excluding hydrogens is 368 g/mol. The molecule has 156 valence electrons. The maximum Gasteiger partial charge on any atom is 0.257 e. The Balaban J connectivity index is 1.44. The number of rotatable bonds is 5. The van der Waals surface area contributed by atoms with Gasteiger partial charge in [0.2, 0.25) is 5.91 Å². The van der Waals surface area contributed by atoms with E-state index in [-0.39, 0.29) is 17.9 Å². The first-order valence-corrected chi connectivity index (χ1v) is 10.6.